The second-order valence-electron chi connectivity index (χ2n) is 6.48. The van der Waals surface area contributed by atoms with Crippen LogP contribution in [0.2, 0.25) is 0 Å². The van der Waals surface area contributed by atoms with E-state index in [0.29, 0.717) is 30.2 Å². The van der Waals surface area contributed by atoms with Crippen LogP contribution < -0.4 is 15.4 Å². The van der Waals surface area contributed by atoms with E-state index < -0.39 is 0 Å². The second kappa shape index (κ2) is 9.50. The van der Waals surface area contributed by atoms with E-state index in [1.165, 1.54) is 12.3 Å². The molecular weight excluding hydrogens is 366 g/mol. The second-order valence-corrected chi connectivity index (χ2v) is 6.48. The van der Waals surface area contributed by atoms with Gasteiger partial charge < -0.3 is 15.4 Å². The first-order chi connectivity index (χ1) is 14.1. The average Bonchev–Trinajstić information content (AvgIpc) is 2.74. The molecule has 0 atom stereocenters. The van der Waals surface area contributed by atoms with Gasteiger partial charge in [0.15, 0.2) is 0 Å². The number of aryl methyl sites for hydroxylation is 1. The number of benzene rings is 2. The molecule has 0 radical (unpaired) electrons. The summed E-state index contributed by atoms with van der Waals surface area (Å²) in [6.07, 6.45) is 1.45. The largest absolute Gasteiger partial charge is 0.492 e. The average molecular weight is 389 g/mol. The number of rotatable bonds is 7. The summed E-state index contributed by atoms with van der Waals surface area (Å²) >= 11 is 0. The fraction of sp³-hybridized carbons (Fsp3) is 0.174. The van der Waals surface area contributed by atoms with Crippen molar-refractivity contribution < 1.29 is 14.3 Å². The van der Waals surface area contributed by atoms with Crippen LogP contribution in [0.1, 0.15) is 38.9 Å². The minimum Gasteiger partial charge on any atom is -0.492 e. The monoisotopic (exact) mass is 389 g/mol. The molecule has 2 aromatic carbocycles. The Kier molecular flexibility index (Phi) is 6.58. The van der Waals surface area contributed by atoms with Crippen LogP contribution in [0.15, 0.2) is 66.9 Å². The molecule has 6 heteroatoms. The number of hydrogen-bond donors (Lipinski definition) is 2. The number of aromatic nitrogens is 1. The van der Waals surface area contributed by atoms with Crippen LogP contribution in [0.5, 0.6) is 5.75 Å². The van der Waals surface area contributed by atoms with Crippen molar-refractivity contribution in [1.82, 2.24) is 10.3 Å². The van der Waals surface area contributed by atoms with E-state index in [-0.39, 0.29) is 17.5 Å². The lowest BCUT2D eigenvalue weighted by atomic mass is 10.1. The lowest BCUT2D eigenvalue weighted by Crippen LogP contribution is -2.24. The van der Waals surface area contributed by atoms with Crippen molar-refractivity contribution >= 4 is 17.5 Å². The van der Waals surface area contributed by atoms with Crippen molar-refractivity contribution in [2.45, 2.75) is 20.4 Å². The Morgan fingerprint density at radius 3 is 2.62 bits per heavy atom. The van der Waals surface area contributed by atoms with E-state index >= 15 is 0 Å². The maximum absolute atomic E-state index is 12.6. The molecule has 0 saturated carbocycles. The number of anilines is 1. The number of nitrogens with one attached hydrogen (secondary N) is 2. The van der Waals surface area contributed by atoms with Crippen molar-refractivity contribution in [2.75, 3.05) is 11.9 Å². The van der Waals surface area contributed by atoms with Crippen molar-refractivity contribution in [3.63, 3.8) is 0 Å². The molecule has 0 fully saturated rings. The Labute approximate surface area is 169 Å². The zero-order chi connectivity index (χ0) is 20.6. The van der Waals surface area contributed by atoms with Gasteiger partial charge in [0.2, 0.25) is 0 Å². The van der Waals surface area contributed by atoms with E-state index in [2.05, 4.69) is 15.6 Å². The van der Waals surface area contributed by atoms with Gasteiger partial charge in [0.1, 0.15) is 11.4 Å². The van der Waals surface area contributed by atoms with E-state index in [9.17, 15) is 9.59 Å². The molecule has 0 saturated heterocycles. The molecular formula is C23H23N3O3. The Hall–Kier alpha value is -3.67. The third kappa shape index (κ3) is 5.42. The highest BCUT2D eigenvalue weighted by Crippen LogP contribution is 2.24. The topological polar surface area (TPSA) is 80.3 Å². The van der Waals surface area contributed by atoms with E-state index in [0.717, 1.165) is 11.1 Å². The van der Waals surface area contributed by atoms with Crippen molar-refractivity contribution in [3.05, 3.63) is 89.2 Å². The molecule has 0 spiro atoms. The third-order valence-corrected chi connectivity index (χ3v) is 4.23. The summed E-state index contributed by atoms with van der Waals surface area (Å²) in [4.78, 5) is 29.2. The SMILES string of the molecule is CCOc1ccccc1NC(=O)c1ccnc(C(=O)NCc2cccc(C)c2)c1. The zero-order valence-corrected chi connectivity index (χ0v) is 16.4. The van der Waals surface area contributed by atoms with E-state index in [1.54, 1.807) is 18.2 Å². The highest BCUT2D eigenvalue weighted by atomic mass is 16.5. The molecule has 0 aliphatic carbocycles. The maximum Gasteiger partial charge on any atom is 0.270 e. The quantitative estimate of drug-likeness (QED) is 0.641. The molecule has 1 aromatic heterocycles. The highest BCUT2D eigenvalue weighted by Gasteiger charge is 2.13. The normalized spacial score (nSPS) is 10.3. The first-order valence-corrected chi connectivity index (χ1v) is 9.40. The fourth-order valence-corrected chi connectivity index (χ4v) is 2.84. The summed E-state index contributed by atoms with van der Waals surface area (Å²) in [7, 11) is 0. The number of hydrogen-bond acceptors (Lipinski definition) is 4. The van der Waals surface area contributed by atoms with Crippen LogP contribution in [0.4, 0.5) is 5.69 Å². The molecule has 3 rings (SSSR count). The fourth-order valence-electron chi connectivity index (χ4n) is 2.84. The van der Waals surface area contributed by atoms with E-state index in [4.69, 9.17) is 4.74 Å². The van der Waals surface area contributed by atoms with E-state index in [1.807, 2.05) is 50.2 Å². The maximum atomic E-state index is 12.6. The van der Waals surface area contributed by atoms with Crippen LogP contribution in [0.3, 0.4) is 0 Å². The smallest absolute Gasteiger partial charge is 0.270 e. The van der Waals surface area contributed by atoms with Gasteiger partial charge in [-0.15, -0.1) is 0 Å². The van der Waals surface area contributed by atoms with Gasteiger partial charge in [-0.3, -0.25) is 14.6 Å². The predicted molar refractivity (Wildman–Crippen MR) is 112 cm³/mol. The summed E-state index contributed by atoms with van der Waals surface area (Å²) in [5.74, 6) is -0.0864. The molecule has 0 unspecified atom stereocenters. The lowest BCUT2D eigenvalue weighted by molar-refractivity contribution is 0.0946. The summed E-state index contributed by atoms with van der Waals surface area (Å²) < 4.78 is 5.53. The number of nitrogens with zero attached hydrogens (tertiary/aromatic N) is 1. The third-order valence-electron chi connectivity index (χ3n) is 4.23. The van der Waals surface area contributed by atoms with Gasteiger partial charge in [-0.2, -0.15) is 0 Å². The standard InChI is InChI=1S/C23H23N3O3/c1-3-29-21-10-5-4-9-19(21)26-22(27)18-11-12-24-20(14-18)23(28)25-15-17-8-6-7-16(2)13-17/h4-14H,3,15H2,1-2H3,(H,25,28)(H,26,27). The predicted octanol–water partition coefficient (Wildman–Crippen LogP) is 3.97. The number of carbonyl (C=O) groups is 2. The van der Waals surface area contributed by atoms with Crippen molar-refractivity contribution in [1.29, 1.82) is 0 Å². The Balaban J connectivity index is 1.68. The molecule has 0 aliphatic rings. The molecule has 2 N–H and O–H groups in total. The summed E-state index contributed by atoms with van der Waals surface area (Å²) in [5.41, 5.74) is 3.22. The van der Waals surface area contributed by atoms with Gasteiger partial charge >= 0.3 is 0 Å². The summed E-state index contributed by atoms with van der Waals surface area (Å²) in [5, 5.41) is 5.65. The van der Waals surface area contributed by atoms with Gasteiger partial charge in [0, 0.05) is 18.3 Å². The van der Waals surface area contributed by atoms with Crippen LogP contribution in [0.25, 0.3) is 0 Å². The van der Waals surface area contributed by atoms with Crippen molar-refractivity contribution in [2.24, 2.45) is 0 Å². The number of para-hydroxylation sites is 2. The first kappa shape index (κ1) is 20.1. The highest BCUT2D eigenvalue weighted by molar-refractivity contribution is 6.06. The van der Waals surface area contributed by atoms with Crippen LogP contribution in [-0.2, 0) is 6.54 Å². The molecule has 0 bridgehead atoms. The zero-order valence-electron chi connectivity index (χ0n) is 16.4. The summed E-state index contributed by atoms with van der Waals surface area (Å²) in [6.45, 7) is 4.76. The number of ether oxygens (including phenoxy) is 1. The van der Waals surface area contributed by atoms with Crippen molar-refractivity contribution in [3.8, 4) is 5.75 Å². The summed E-state index contributed by atoms with van der Waals surface area (Å²) in [6, 6.07) is 18.1. The van der Waals surface area contributed by atoms with Gasteiger partial charge in [-0.05, 0) is 43.7 Å². The first-order valence-electron chi connectivity index (χ1n) is 9.40. The molecule has 148 valence electrons. The lowest BCUT2D eigenvalue weighted by Gasteiger charge is -2.11. The Morgan fingerprint density at radius 2 is 1.83 bits per heavy atom. The minimum atomic E-state index is -0.340. The molecule has 6 nitrogen and oxygen atoms in total. The van der Waals surface area contributed by atoms with Gasteiger partial charge in [-0.25, -0.2) is 0 Å². The number of amides is 2. The van der Waals surface area contributed by atoms with Gasteiger partial charge in [0.05, 0.1) is 12.3 Å². The van der Waals surface area contributed by atoms with Gasteiger partial charge in [0.25, 0.3) is 11.8 Å². The molecule has 2 amide bonds. The molecule has 3 aromatic rings. The minimum absolute atomic E-state index is 0.184. The molecule has 0 aliphatic heterocycles. The molecule has 29 heavy (non-hydrogen) atoms. The molecule has 1 heterocycles. The Bertz CT molecular complexity index is 1020. The van der Waals surface area contributed by atoms with Crippen LogP contribution in [-0.4, -0.2) is 23.4 Å². The number of pyridine rings is 1. The van der Waals surface area contributed by atoms with Crippen LogP contribution >= 0.6 is 0 Å². The Morgan fingerprint density at radius 1 is 1.00 bits per heavy atom. The number of carbonyl (C=O) groups excluding carboxylic acids is 2. The van der Waals surface area contributed by atoms with Crippen LogP contribution in [0, 0.1) is 6.92 Å². The van der Waals surface area contributed by atoms with Gasteiger partial charge in [-0.1, -0.05) is 42.0 Å².